The number of halogens is 1. The van der Waals surface area contributed by atoms with Crippen LogP contribution in [0.5, 0.6) is 5.88 Å². The molecule has 168 valence electrons. The maximum absolute atomic E-state index is 14.9. The molecule has 2 aromatic heterocycles. The Morgan fingerprint density at radius 2 is 1.94 bits per heavy atom. The Bertz CT molecular complexity index is 1320. The number of nitrogens with zero attached hydrogens (tertiary/aromatic N) is 4. The van der Waals surface area contributed by atoms with Gasteiger partial charge < -0.3 is 15.0 Å². The molecular formula is C21H23FN6O3S. The number of aromatic nitrogens is 3. The number of hydrogen-bond acceptors (Lipinski definition) is 9. The lowest BCUT2D eigenvalue weighted by molar-refractivity contribution is 0.395. The highest BCUT2D eigenvalue weighted by Gasteiger charge is 2.47. The van der Waals surface area contributed by atoms with Crippen molar-refractivity contribution >= 4 is 15.6 Å². The Kier molecular flexibility index (Phi) is 5.04. The highest BCUT2D eigenvalue weighted by atomic mass is 32.2. The molecule has 0 spiro atoms. The first-order valence-corrected chi connectivity index (χ1v) is 11.4. The van der Waals surface area contributed by atoms with E-state index in [1.807, 2.05) is 0 Å². The molecule has 2 atom stereocenters. The van der Waals surface area contributed by atoms with Crippen LogP contribution in [-0.2, 0) is 15.3 Å². The van der Waals surface area contributed by atoms with Gasteiger partial charge in [0.1, 0.15) is 33.3 Å². The summed E-state index contributed by atoms with van der Waals surface area (Å²) in [5.74, 6) is 0.119. The van der Waals surface area contributed by atoms with E-state index in [1.165, 1.54) is 25.6 Å². The number of ether oxygens (including phenoxy) is 1. The average Bonchev–Trinajstić information content (AvgIpc) is 3.22. The van der Waals surface area contributed by atoms with Crippen molar-refractivity contribution in [2.75, 3.05) is 12.9 Å². The Labute approximate surface area is 184 Å². The zero-order valence-electron chi connectivity index (χ0n) is 18.0. The van der Waals surface area contributed by atoms with Gasteiger partial charge in [0.05, 0.1) is 35.0 Å². The van der Waals surface area contributed by atoms with Crippen LogP contribution < -0.4 is 10.5 Å². The van der Waals surface area contributed by atoms with E-state index < -0.39 is 25.8 Å². The van der Waals surface area contributed by atoms with Crippen molar-refractivity contribution in [2.45, 2.75) is 31.1 Å². The third-order valence-corrected chi connectivity index (χ3v) is 8.56. The summed E-state index contributed by atoms with van der Waals surface area (Å²) in [6.45, 7) is 4.86. The van der Waals surface area contributed by atoms with Crippen LogP contribution >= 0.6 is 0 Å². The van der Waals surface area contributed by atoms with Crippen LogP contribution in [-0.4, -0.2) is 42.8 Å². The minimum Gasteiger partial charge on any atom is -0.480 e. The highest BCUT2D eigenvalue weighted by Crippen LogP contribution is 2.39. The molecule has 0 bridgehead atoms. The number of aliphatic imine (C=N–C) groups is 1. The highest BCUT2D eigenvalue weighted by molar-refractivity contribution is 7.94. The van der Waals surface area contributed by atoms with Crippen LogP contribution in [0.4, 0.5) is 4.39 Å². The molecular weight excluding hydrogens is 435 g/mol. The molecule has 1 unspecified atom stereocenters. The minimum absolute atomic E-state index is 0.0658. The first-order valence-electron chi connectivity index (χ1n) is 9.72. The molecule has 0 saturated carbocycles. The van der Waals surface area contributed by atoms with Crippen LogP contribution in [0, 0.1) is 10.6 Å². The summed E-state index contributed by atoms with van der Waals surface area (Å²) < 4.78 is 45.7. The van der Waals surface area contributed by atoms with E-state index in [0.717, 1.165) is 0 Å². The Morgan fingerprint density at radius 3 is 2.56 bits per heavy atom. The van der Waals surface area contributed by atoms with Crippen molar-refractivity contribution in [2.24, 2.45) is 10.7 Å². The molecule has 3 heterocycles. The number of methoxy groups -OCH3 is 1. The maximum atomic E-state index is 14.9. The fourth-order valence-corrected chi connectivity index (χ4v) is 5.25. The molecule has 1 aliphatic heterocycles. The topological polar surface area (TPSA) is 140 Å². The molecule has 9 nitrogen and oxygen atoms in total. The predicted octanol–water partition coefficient (Wildman–Crippen LogP) is 3.36. The summed E-state index contributed by atoms with van der Waals surface area (Å²) in [6, 6.07) is 6.04. The second-order valence-electron chi connectivity index (χ2n) is 8.32. The van der Waals surface area contributed by atoms with Gasteiger partial charge in [0.25, 0.3) is 0 Å². The second-order valence-corrected chi connectivity index (χ2v) is 11.0. The molecule has 11 heteroatoms. The van der Waals surface area contributed by atoms with Gasteiger partial charge in [-0.25, -0.2) is 18.6 Å². The van der Waals surface area contributed by atoms with Gasteiger partial charge in [0, 0.05) is 17.2 Å². The number of nitrogens with one attached hydrogen (secondary N) is 1. The van der Waals surface area contributed by atoms with Gasteiger partial charge in [-0.15, -0.1) is 0 Å². The first-order chi connectivity index (χ1) is 15.0. The normalized spacial score (nSPS) is 24.7. The quantitative estimate of drug-likeness (QED) is 0.611. The van der Waals surface area contributed by atoms with Gasteiger partial charge >= 0.3 is 0 Å². The van der Waals surface area contributed by atoms with Crippen molar-refractivity contribution in [1.82, 2.24) is 15.1 Å². The van der Waals surface area contributed by atoms with E-state index in [2.05, 4.69) is 20.1 Å². The molecule has 0 saturated heterocycles. The molecule has 3 aromatic rings. The largest absolute Gasteiger partial charge is 0.480 e. The van der Waals surface area contributed by atoms with Gasteiger partial charge in [-0.05, 0) is 39.0 Å². The van der Waals surface area contributed by atoms with E-state index in [-0.39, 0.29) is 17.2 Å². The Balaban J connectivity index is 1.74. The third kappa shape index (κ3) is 3.52. The monoisotopic (exact) mass is 458 g/mol. The molecule has 32 heavy (non-hydrogen) atoms. The summed E-state index contributed by atoms with van der Waals surface area (Å²) >= 11 is 0. The molecule has 0 radical (unpaired) electrons. The van der Waals surface area contributed by atoms with Crippen LogP contribution in [0.25, 0.3) is 22.7 Å². The summed E-state index contributed by atoms with van der Waals surface area (Å²) in [6.07, 6.45) is 2.97. The van der Waals surface area contributed by atoms with E-state index in [4.69, 9.17) is 19.8 Å². The van der Waals surface area contributed by atoms with E-state index in [1.54, 1.807) is 39.0 Å². The number of benzene rings is 1. The fraction of sp³-hybridized carbons (Fsp3) is 0.333. The van der Waals surface area contributed by atoms with E-state index in [9.17, 15) is 8.60 Å². The second kappa shape index (κ2) is 7.37. The summed E-state index contributed by atoms with van der Waals surface area (Å²) in [5.41, 5.74) is 6.45. The number of rotatable bonds is 4. The van der Waals surface area contributed by atoms with Crippen molar-refractivity contribution in [3.63, 3.8) is 0 Å². The maximum Gasteiger partial charge on any atom is 0.232 e. The van der Waals surface area contributed by atoms with Crippen LogP contribution in [0.1, 0.15) is 26.3 Å². The zero-order valence-corrected chi connectivity index (χ0v) is 18.9. The molecule has 1 aliphatic rings. The van der Waals surface area contributed by atoms with Gasteiger partial charge in [-0.1, -0.05) is 5.16 Å². The third-order valence-electron chi connectivity index (χ3n) is 5.73. The number of nitrogens with two attached hydrogens (primary N) is 1. The average molecular weight is 459 g/mol. The number of amidine groups is 1. The van der Waals surface area contributed by atoms with Gasteiger partial charge in [-0.2, -0.15) is 0 Å². The van der Waals surface area contributed by atoms with Crippen molar-refractivity contribution in [3.05, 3.63) is 48.0 Å². The standard InChI is InChI=1S/C21H23FN6O3S/c1-20(2)19(23)27-21(3,11-32(20,24)29)13-7-12(5-6-14(13)22)17-8-15(28-31-17)16-9-26-18(30-4)10-25-16/h5-10,24H,11H2,1-4H3,(H2,23,27)/t21-,32?/m0/s1. The molecule has 1 aromatic carbocycles. The number of hydrogen-bond donors (Lipinski definition) is 2. The molecule has 3 N–H and O–H groups in total. The van der Waals surface area contributed by atoms with Gasteiger partial charge in [-0.3, -0.25) is 9.77 Å². The Hall–Kier alpha value is -3.34. The Morgan fingerprint density at radius 1 is 1.19 bits per heavy atom. The molecule has 0 amide bonds. The molecule has 0 aliphatic carbocycles. The lowest BCUT2D eigenvalue weighted by Crippen LogP contribution is -2.54. The smallest absolute Gasteiger partial charge is 0.232 e. The zero-order chi connectivity index (χ0) is 23.3. The van der Waals surface area contributed by atoms with E-state index >= 15 is 0 Å². The van der Waals surface area contributed by atoms with Gasteiger partial charge in [0.15, 0.2) is 5.76 Å². The van der Waals surface area contributed by atoms with Crippen LogP contribution in [0.15, 0.2) is 46.2 Å². The van der Waals surface area contributed by atoms with Crippen molar-refractivity contribution in [1.29, 1.82) is 4.78 Å². The van der Waals surface area contributed by atoms with Crippen LogP contribution in [0.2, 0.25) is 0 Å². The summed E-state index contributed by atoms with van der Waals surface area (Å²) in [5, 5.41) is 4.02. The summed E-state index contributed by atoms with van der Waals surface area (Å²) in [7, 11) is -1.69. The minimum atomic E-state index is -3.18. The lowest BCUT2D eigenvalue weighted by atomic mass is 9.91. The van der Waals surface area contributed by atoms with Gasteiger partial charge in [0.2, 0.25) is 5.88 Å². The van der Waals surface area contributed by atoms with Crippen molar-refractivity contribution < 1.29 is 17.9 Å². The van der Waals surface area contributed by atoms with E-state index in [0.29, 0.717) is 28.6 Å². The summed E-state index contributed by atoms with van der Waals surface area (Å²) in [4.78, 5) is 12.8. The fourth-order valence-electron chi connectivity index (χ4n) is 3.49. The molecule has 0 fully saturated rings. The van der Waals surface area contributed by atoms with Crippen LogP contribution in [0.3, 0.4) is 0 Å². The molecule has 4 rings (SSSR count). The lowest BCUT2D eigenvalue weighted by Gasteiger charge is -2.39. The van der Waals surface area contributed by atoms with Crippen molar-refractivity contribution in [3.8, 4) is 28.6 Å². The first kappa shape index (κ1) is 21.9. The predicted molar refractivity (Wildman–Crippen MR) is 118 cm³/mol. The SMILES string of the molecule is COc1cnc(-c2cc(-c3ccc(F)c([C@]4(C)CS(=N)(=O)C(C)(C)C(N)=N4)c3)on2)cn1.